The smallest absolute Gasteiger partial charge is 0.327 e. The van der Waals surface area contributed by atoms with E-state index in [9.17, 15) is 4.79 Å². The molecule has 0 radical (unpaired) electrons. The Morgan fingerprint density at radius 1 is 1.16 bits per heavy atom. The lowest BCUT2D eigenvalue weighted by atomic mass is 10.0. The number of esters is 1. The van der Waals surface area contributed by atoms with Gasteiger partial charge in [0.1, 0.15) is 6.04 Å². The Bertz CT molecular complexity index is 554. The van der Waals surface area contributed by atoms with Gasteiger partial charge in [0, 0.05) is 12.6 Å². The Labute approximate surface area is 151 Å². The Kier molecular flexibility index (Phi) is 9.16. The van der Waals surface area contributed by atoms with Crippen molar-refractivity contribution in [2.45, 2.75) is 53.7 Å². The number of nitrogens with zero attached hydrogens (tertiary/aromatic N) is 2. The van der Waals surface area contributed by atoms with Crippen LogP contribution in [0.25, 0.3) is 0 Å². The molecule has 1 aromatic rings. The third-order valence-electron chi connectivity index (χ3n) is 2.59. The maximum absolute atomic E-state index is 11.7. The van der Waals surface area contributed by atoms with Crippen molar-refractivity contribution in [1.82, 2.24) is 5.01 Å². The number of benzene rings is 1. The molecule has 0 amide bonds. The van der Waals surface area contributed by atoms with E-state index in [1.807, 2.05) is 0 Å². The molecule has 0 aliphatic rings. The number of hydrogen-bond acceptors (Lipinski definition) is 6. The van der Waals surface area contributed by atoms with Gasteiger partial charge in [-0.05, 0) is 24.8 Å². The minimum absolute atomic E-state index is 0.199. The van der Waals surface area contributed by atoms with Gasteiger partial charge in [-0.2, -0.15) is 5.10 Å². The highest BCUT2D eigenvalue weighted by Gasteiger charge is 2.18. The maximum atomic E-state index is 11.7. The fourth-order valence-electron chi connectivity index (χ4n) is 1.65. The summed E-state index contributed by atoms with van der Waals surface area (Å²) in [5.74, 6) is 10.8. The SMILES string of the molecule is CC(C)(C)C.CC(C)OC(=O)C(N)c1ccc(/C(=N/N)N(C)N)cc1. The molecule has 0 bridgehead atoms. The minimum Gasteiger partial charge on any atom is -0.462 e. The number of rotatable bonds is 4. The molecular formula is C18H33N5O2. The van der Waals surface area contributed by atoms with Gasteiger partial charge in [-0.1, -0.05) is 52.0 Å². The van der Waals surface area contributed by atoms with Crippen molar-refractivity contribution < 1.29 is 9.53 Å². The van der Waals surface area contributed by atoms with E-state index in [2.05, 4.69) is 32.8 Å². The Hall–Kier alpha value is -2.12. The van der Waals surface area contributed by atoms with Gasteiger partial charge in [0.05, 0.1) is 6.10 Å². The number of ether oxygens (including phenoxy) is 1. The second kappa shape index (κ2) is 10.0. The second-order valence-corrected chi connectivity index (χ2v) is 7.65. The summed E-state index contributed by atoms with van der Waals surface area (Å²) >= 11 is 0. The number of amidine groups is 1. The van der Waals surface area contributed by atoms with Crippen molar-refractivity contribution in [2.24, 2.45) is 27.9 Å². The van der Waals surface area contributed by atoms with Gasteiger partial charge >= 0.3 is 5.97 Å². The van der Waals surface area contributed by atoms with Crippen molar-refractivity contribution in [3.63, 3.8) is 0 Å². The van der Waals surface area contributed by atoms with E-state index in [0.29, 0.717) is 16.8 Å². The Morgan fingerprint density at radius 3 is 1.92 bits per heavy atom. The van der Waals surface area contributed by atoms with E-state index in [-0.39, 0.29) is 6.10 Å². The molecule has 1 atom stereocenters. The number of nitrogens with two attached hydrogens (primary N) is 3. The molecule has 0 saturated heterocycles. The van der Waals surface area contributed by atoms with Gasteiger partial charge in [0.15, 0.2) is 5.84 Å². The van der Waals surface area contributed by atoms with Gasteiger partial charge in [-0.3, -0.25) is 5.01 Å². The van der Waals surface area contributed by atoms with E-state index in [1.54, 1.807) is 45.2 Å². The number of hydrazine groups is 1. The van der Waals surface area contributed by atoms with Crippen molar-refractivity contribution >= 4 is 11.8 Å². The van der Waals surface area contributed by atoms with Crippen molar-refractivity contribution in [3.8, 4) is 0 Å². The molecule has 1 rings (SSSR count). The van der Waals surface area contributed by atoms with Crippen molar-refractivity contribution in [1.29, 1.82) is 0 Å². The molecule has 7 nitrogen and oxygen atoms in total. The highest BCUT2D eigenvalue weighted by Crippen LogP contribution is 2.15. The first-order valence-corrected chi connectivity index (χ1v) is 8.19. The number of hydrogen-bond donors (Lipinski definition) is 3. The summed E-state index contributed by atoms with van der Waals surface area (Å²) in [7, 11) is 1.63. The van der Waals surface area contributed by atoms with Crippen LogP contribution in [0.15, 0.2) is 29.4 Å². The topological polar surface area (TPSA) is 120 Å². The second-order valence-electron chi connectivity index (χ2n) is 7.65. The quantitative estimate of drug-likeness (QED) is 0.251. The molecule has 0 spiro atoms. The first-order valence-electron chi connectivity index (χ1n) is 8.19. The van der Waals surface area contributed by atoms with Gasteiger partial charge in [0.2, 0.25) is 0 Å². The Morgan fingerprint density at radius 2 is 1.60 bits per heavy atom. The van der Waals surface area contributed by atoms with E-state index in [4.69, 9.17) is 22.2 Å². The van der Waals surface area contributed by atoms with Gasteiger partial charge < -0.3 is 16.3 Å². The summed E-state index contributed by atoms with van der Waals surface area (Å²) in [6, 6.07) is 6.10. The van der Waals surface area contributed by atoms with Crippen molar-refractivity contribution in [3.05, 3.63) is 35.4 Å². The summed E-state index contributed by atoms with van der Waals surface area (Å²) in [5.41, 5.74) is 7.72. The summed E-state index contributed by atoms with van der Waals surface area (Å²) in [6.45, 7) is 12.3. The van der Waals surface area contributed by atoms with Crippen LogP contribution >= 0.6 is 0 Å². The van der Waals surface area contributed by atoms with Gasteiger partial charge in [0.25, 0.3) is 0 Å². The first-order chi connectivity index (χ1) is 11.4. The molecule has 0 fully saturated rings. The lowest BCUT2D eigenvalue weighted by molar-refractivity contribution is -0.149. The molecular weight excluding hydrogens is 318 g/mol. The summed E-state index contributed by atoms with van der Waals surface area (Å²) in [5, 5.41) is 4.91. The molecule has 1 aromatic carbocycles. The van der Waals surface area contributed by atoms with Crippen LogP contribution in [-0.2, 0) is 9.53 Å². The van der Waals surface area contributed by atoms with Crippen LogP contribution in [-0.4, -0.2) is 30.0 Å². The van der Waals surface area contributed by atoms with Crippen LogP contribution in [0.5, 0.6) is 0 Å². The lowest BCUT2D eigenvalue weighted by Gasteiger charge is -2.16. The molecule has 7 heteroatoms. The highest BCUT2D eigenvalue weighted by atomic mass is 16.5. The summed E-state index contributed by atoms with van der Waals surface area (Å²) in [6.07, 6.45) is -0.199. The zero-order valence-electron chi connectivity index (χ0n) is 16.4. The molecule has 6 N–H and O–H groups in total. The van der Waals surface area contributed by atoms with Crippen LogP contribution in [0.1, 0.15) is 58.7 Å². The zero-order chi connectivity index (χ0) is 19.8. The molecule has 0 saturated carbocycles. The minimum atomic E-state index is -0.819. The molecule has 1 unspecified atom stereocenters. The molecule has 25 heavy (non-hydrogen) atoms. The average molecular weight is 351 g/mol. The lowest BCUT2D eigenvalue weighted by Crippen LogP contribution is -2.34. The number of carbonyl (C=O) groups is 1. The average Bonchev–Trinajstić information content (AvgIpc) is 2.45. The van der Waals surface area contributed by atoms with Crippen molar-refractivity contribution in [2.75, 3.05) is 7.05 Å². The third-order valence-corrected chi connectivity index (χ3v) is 2.59. The molecule has 0 aliphatic carbocycles. The molecule has 0 heterocycles. The van der Waals surface area contributed by atoms with E-state index < -0.39 is 12.0 Å². The highest BCUT2D eigenvalue weighted by molar-refractivity contribution is 5.98. The number of hydrazone groups is 1. The summed E-state index contributed by atoms with van der Waals surface area (Å²) in [4.78, 5) is 11.7. The zero-order valence-corrected chi connectivity index (χ0v) is 16.4. The summed E-state index contributed by atoms with van der Waals surface area (Å²) < 4.78 is 5.07. The largest absolute Gasteiger partial charge is 0.462 e. The number of carbonyl (C=O) groups excluding carboxylic acids is 1. The van der Waals surface area contributed by atoms with E-state index in [0.717, 1.165) is 5.56 Å². The van der Waals surface area contributed by atoms with Crippen LogP contribution in [0.2, 0.25) is 0 Å². The maximum Gasteiger partial charge on any atom is 0.327 e. The fourth-order valence-corrected chi connectivity index (χ4v) is 1.65. The normalized spacial score (nSPS) is 13.0. The standard InChI is InChI=1S/C13H21N5O2.C5H12/c1-8(2)20-13(19)11(14)9-4-6-10(7-5-9)12(17-15)18(3)16;1-5(2,3)4/h4-8,11H,14-16H2,1-3H3;1-4H3/b17-12-;. The van der Waals surface area contributed by atoms with E-state index in [1.165, 1.54) is 5.01 Å². The van der Waals surface area contributed by atoms with Gasteiger partial charge in [-0.15, -0.1) is 0 Å². The monoisotopic (exact) mass is 351 g/mol. The van der Waals surface area contributed by atoms with Crippen LogP contribution < -0.4 is 17.4 Å². The molecule has 0 aromatic heterocycles. The van der Waals surface area contributed by atoms with Crippen LogP contribution in [0.4, 0.5) is 0 Å². The molecule has 142 valence electrons. The molecule has 0 aliphatic heterocycles. The van der Waals surface area contributed by atoms with Crippen LogP contribution in [0.3, 0.4) is 0 Å². The fraction of sp³-hybridized carbons (Fsp3) is 0.556. The predicted molar refractivity (Wildman–Crippen MR) is 102 cm³/mol. The third kappa shape index (κ3) is 9.69. The van der Waals surface area contributed by atoms with Gasteiger partial charge in [-0.25, -0.2) is 10.6 Å². The van der Waals surface area contributed by atoms with E-state index >= 15 is 0 Å². The first kappa shape index (κ1) is 22.9. The van der Waals surface area contributed by atoms with Crippen LogP contribution in [0, 0.1) is 5.41 Å². The predicted octanol–water partition coefficient (Wildman–Crippen LogP) is 2.12. The Balaban J connectivity index is 0.00000101.